The number of thiophene rings is 1. The Hall–Kier alpha value is -2.79. The number of hydrogen-bond acceptors (Lipinski definition) is 6. The molecule has 0 spiro atoms. The van der Waals surface area contributed by atoms with Crippen molar-refractivity contribution in [3.63, 3.8) is 0 Å². The largest absolute Gasteiger partial charge is 0.494 e. The summed E-state index contributed by atoms with van der Waals surface area (Å²) in [7, 11) is 1.27. The van der Waals surface area contributed by atoms with Crippen molar-refractivity contribution in [3.8, 4) is 16.2 Å². The van der Waals surface area contributed by atoms with Gasteiger partial charge in [0.25, 0.3) is 11.5 Å². The number of alkyl halides is 2. The number of methoxy groups -OCH3 is 1. The minimum Gasteiger partial charge on any atom is -0.494 e. The summed E-state index contributed by atoms with van der Waals surface area (Å²) in [6.07, 6.45) is -1.09. The van der Waals surface area contributed by atoms with Gasteiger partial charge in [-0.1, -0.05) is 0 Å². The maximum atomic E-state index is 15.5. The molecule has 2 aliphatic carbocycles. The molecule has 0 bridgehead atoms. The van der Waals surface area contributed by atoms with Crippen LogP contribution in [0, 0.1) is 5.82 Å². The molecule has 2 aliphatic rings. The fourth-order valence-corrected chi connectivity index (χ4v) is 5.45. The van der Waals surface area contributed by atoms with Crippen LogP contribution in [0.15, 0.2) is 15.7 Å². The van der Waals surface area contributed by atoms with Gasteiger partial charge in [0.1, 0.15) is 11.6 Å². The summed E-state index contributed by atoms with van der Waals surface area (Å²) >= 11 is 1.05. The average Bonchev–Trinajstić information content (AvgIpc) is 3.45. The van der Waals surface area contributed by atoms with Crippen molar-refractivity contribution >= 4 is 27.9 Å². The number of H-pyrrole nitrogens is 1. The Morgan fingerprint density at radius 2 is 2.06 bits per heavy atom. The smallest absolute Gasteiger partial charge is 0.329 e. The highest BCUT2D eigenvalue weighted by Gasteiger charge is 2.44. The number of aryl methyl sites for hydroxylation is 1. The summed E-state index contributed by atoms with van der Waals surface area (Å²) in [5, 5.41) is 9.89. The van der Waals surface area contributed by atoms with Crippen LogP contribution in [0.1, 0.15) is 41.8 Å². The van der Waals surface area contributed by atoms with Gasteiger partial charge in [0, 0.05) is 27.8 Å². The lowest BCUT2D eigenvalue weighted by molar-refractivity contribution is -0.121. The number of hydrogen-bond donors (Lipinski definition) is 3. The molecule has 1 aromatic carbocycles. The maximum absolute atomic E-state index is 15.5. The van der Waals surface area contributed by atoms with Crippen molar-refractivity contribution in [3.05, 3.63) is 43.2 Å². The molecule has 164 valence electrons. The number of nitrogen functional groups attached to an aromatic ring is 1. The molecule has 3 aromatic rings. The summed E-state index contributed by atoms with van der Waals surface area (Å²) in [6, 6.07) is 1.12. The Labute approximate surface area is 176 Å². The van der Waals surface area contributed by atoms with E-state index in [1.807, 2.05) is 0 Å². The topological polar surface area (TPSA) is 110 Å². The highest BCUT2D eigenvalue weighted by atomic mass is 32.1. The van der Waals surface area contributed by atoms with Gasteiger partial charge in [0.2, 0.25) is 0 Å². The van der Waals surface area contributed by atoms with E-state index in [0.717, 1.165) is 11.3 Å². The van der Waals surface area contributed by atoms with E-state index in [-0.39, 0.29) is 45.1 Å². The first-order valence-corrected chi connectivity index (χ1v) is 10.5. The second-order valence-electron chi connectivity index (χ2n) is 7.87. The molecule has 31 heavy (non-hydrogen) atoms. The summed E-state index contributed by atoms with van der Waals surface area (Å²) in [5.74, 6) is -4.30. The fourth-order valence-electron chi connectivity index (χ4n) is 4.22. The van der Waals surface area contributed by atoms with Gasteiger partial charge in [0.05, 0.1) is 23.7 Å². The molecule has 1 unspecified atom stereocenters. The van der Waals surface area contributed by atoms with E-state index in [1.165, 1.54) is 17.7 Å². The maximum Gasteiger partial charge on any atom is 0.329 e. The lowest BCUT2D eigenvalue weighted by Crippen LogP contribution is -2.31. The Balaban J connectivity index is 1.86. The van der Waals surface area contributed by atoms with Gasteiger partial charge in [-0.15, -0.1) is 11.3 Å². The predicted molar refractivity (Wildman–Crippen MR) is 110 cm³/mol. The van der Waals surface area contributed by atoms with Crippen molar-refractivity contribution < 1.29 is 23.0 Å². The highest BCUT2D eigenvalue weighted by molar-refractivity contribution is 7.15. The molecule has 5 rings (SSSR count). The van der Waals surface area contributed by atoms with Gasteiger partial charge < -0.3 is 15.6 Å². The molecule has 0 saturated heterocycles. The minimum absolute atomic E-state index is 0.0295. The number of fused-ring (bicyclic) bond motifs is 2. The SMILES string of the molecule is COc1c(-c2cc3c(s2)CCC(F)(F)C3O)c(F)c(N)c2c(=O)[nH]c(=O)n(C3CC3)c12. The van der Waals surface area contributed by atoms with Crippen molar-refractivity contribution in [2.75, 3.05) is 12.8 Å². The number of halogens is 3. The molecular weight excluding hydrogens is 435 g/mol. The standard InChI is InChI=1S/C20H18F3N3O4S/c1-30-16-11(10-6-8-9(31-10)4-5-20(22,23)17(8)27)13(21)14(24)12-15(16)26(7-2-3-7)19(29)25-18(12)28/h6-7,17,27H,2-5,24H2,1H3,(H,25,28,29). The Bertz CT molecular complexity index is 1360. The minimum atomic E-state index is -3.28. The van der Waals surface area contributed by atoms with Gasteiger partial charge >= 0.3 is 5.69 Å². The number of aliphatic hydroxyl groups is 1. The zero-order valence-electron chi connectivity index (χ0n) is 16.3. The molecule has 7 nitrogen and oxygen atoms in total. The first-order chi connectivity index (χ1) is 14.7. The average molecular weight is 453 g/mol. The number of nitrogens with zero attached hydrogens (tertiary/aromatic N) is 1. The van der Waals surface area contributed by atoms with Crippen LogP contribution in [-0.4, -0.2) is 27.7 Å². The molecule has 1 fully saturated rings. The molecule has 1 atom stereocenters. The molecule has 2 aromatic heterocycles. The van der Waals surface area contributed by atoms with Gasteiger partial charge in [0.15, 0.2) is 11.6 Å². The van der Waals surface area contributed by atoms with Crippen LogP contribution in [-0.2, 0) is 6.42 Å². The fraction of sp³-hybridized carbons (Fsp3) is 0.400. The number of nitrogens with one attached hydrogen (secondary N) is 1. The molecule has 1 saturated carbocycles. The van der Waals surface area contributed by atoms with Crippen LogP contribution in [0.4, 0.5) is 18.9 Å². The second-order valence-corrected chi connectivity index (χ2v) is 9.01. The van der Waals surface area contributed by atoms with E-state index in [1.54, 1.807) is 0 Å². The van der Waals surface area contributed by atoms with Crippen LogP contribution in [0.2, 0.25) is 0 Å². The van der Waals surface area contributed by atoms with Gasteiger partial charge in [-0.25, -0.2) is 18.0 Å². The summed E-state index contributed by atoms with van der Waals surface area (Å²) in [5.41, 5.74) is 4.01. The van der Waals surface area contributed by atoms with Crippen LogP contribution >= 0.6 is 11.3 Å². The lowest BCUT2D eigenvalue weighted by Gasteiger charge is -2.27. The zero-order valence-corrected chi connectivity index (χ0v) is 17.1. The Kier molecular flexibility index (Phi) is 4.29. The number of ether oxygens (including phenoxy) is 1. The number of nitrogens with two attached hydrogens (primary N) is 1. The molecule has 2 heterocycles. The number of aromatic nitrogens is 2. The second kappa shape index (κ2) is 6.60. The van der Waals surface area contributed by atoms with E-state index >= 15 is 4.39 Å². The third-order valence-corrected chi connectivity index (χ3v) is 7.12. The molecule has 11 heteroatoms. The summed E-state index contributed by atoms with van der Waals surface area (Å²) < 4.78 is 50.2. The molecule has 4 N–H and O–H groups in total. The van der Waals surface area contributed by atoms with Crippen LogP contribution in [0.3, 0.4) is 0 Å². The van der Waals surface area contributed by atoms with Gasteiger partial charge in [-0.3, -0.25) is 14.3 Å². The van der Waals surface area contributed by atoms with Gasteiger partial charge in [-0.2, -0.15) is 0 Å². The molecule has 0 amide bonds. The molecule has 0 radical (unpaired) electrons. The van der Waals surface area contributed by atoms with Crippen molar-refractivity contribution in [2.45, 2.75) is 43.8 Å². The number of anilines is 1. The summed E-state index contributed by atoms with van der Waals surface area (Å²) in [4.78, 5) is 27.9. The van der Waals surface area contributed by atoms with Crippen LogP contribution in [0.5, 0.6) is 5.75 Å². The van der Waals surface area contributed by atoms with Crippen molar-refractivity contribution in [1.29, 1.82) is 0 Å². The third kappa shape index (κ3) is 2.83. The quantitative estimate of drug-likeness (QED) is 0.528. The Morgan fingerprint density at radius 1 is 1.35 bits per heavy atom. The number of aliphatic hydroxyl groups excluding tert-OH is 1. The van der Waals surface area contributed by atoms with Gasteiger partial charge in [-0.05, 0) is 25.3 Å². The lowest BCUT2D eigenvalue weighted by atomic mass is 9.92. The van der Waals surface area contributed by atoms with E-state index in [4.69, 9.17) is 10.5 Å². The van der Waals surface area contributed by atoms with E-state index in [0.29, 0.717) is 17.7 Å². The van der Waals surface area contributed by atoms with E-state index in [2.05, 4.69) is 4.98 Å². The molecular formula is C20H18F3N3O4S. The van der Waals surface area contributed by atoms with Crippen LogP contribution < -0.4 is 21.7 Å². The molecule has 0 aliphatic heterocycles. The first-order valence-electron chi connectivity index (χ1n) is 9.68. The van der Waals surface area contributed by atoms with Crippen LogP contribution in [0.25, 0.3) is 21.3 Å². The van der Waals surface area contributed by atoms with E-state index < -0.39 is 41.2 Å². The predicted octanol–water partition coefficient (Wildman–Crippen LogP) is 3.10. The summed E-state index contributed by atoms with van der Waals surface area (Å²) in [6.45, 7) is 0. The first kappa shape index (κ1) is 20.1. The zero-order chi connectivity index (χ0) is 22.2. The number of aromatic amines is 1. The van der Waals surface area contributed by atoms with Crippen molar-refractivity contribution in [2.24, 2.45) is 0 Å². The normalized spacial score (nSPS) is 20.1. The van der Waals surface area contributed by atoms with E-state index in [9.17, 15) is 23.5 Å². The number of benzene rings is 1. The Morgan fingerprint density at radius 3 is 2.71 bits per heavy atom. The monoisotopic (exact) mass is 453 g/mol. The third-order valence-electron chi connectivity index (χ3n) is 5.90. The number of rotatable bonds is 3. The highest BCUT2D eigenvalue weighted by Crippen LogP contribution is 2.50. The van der Waals surface area contributed by atoms with Crippen molar-refractivity contribution in [1.82, 2.24) is 9.55 Å².